The molecule has 0 spiro atoms. The number of hydrogen-bond acceptors (Lipinski definition) is 8. The third-order valence-electron chi connectivity index (χ3n) is 5.02. The Morgan fingerprint density at radius 2 is 1.77 bits per heavy atom. The number of aromatic nitrogens is 2. The van der Waals surface area contributed by atoms with Crippen LogP contribution in [0.15, 0.2) is 99.9 Å². The molecule has 180 valence electrons. The molecule has 1 heterocycles. The zero-order chi connectivity index (χ0) is 24.7. The Hall–Kier alpha value is -3.40. The van der Waals surface area contributed by atoms with E-state index in [1.54, 1.807) is 37.6 Å². The van der Waals surface area contributed by atoms with Crippen molar-refractivity contribution in [1.29, 1.82) is 0 Å². The van der Waals surface area contributed by atoms with E-state index < -0.39 is 10.1 Å². The van der Waals surface area contributed by atoms with Crippen LogP contribution in [-0.4, -0.2) is 32.1 Å². The van der Waals surface area contributed by atoms with Crippen molar-refractivity contribution in [3.8, 4) is 5.75 Å². The molecule has 0 amide bonds. The molecule has 0 saturated heterocycles. The number of ether oxygens (including phenoxy) is 1. The number of aryl methyl sites for hydroxylation is 1. The van der Waals surface area contributed by atoms with E-state index in [1.807, 2.05) is 61.5 Å². The van der Waals surface area contributed by atoms with Crippen LogP contribution in [-0.2, 0) is 20.7 Å². The summed E-state index contributed by atoms with van der Waals surface area (Å²) >= 11 is 1.51. The van der Waals surface area contributed by atoms with Crippen molar-refractivity contribution in [2.75, 3.05) is 19.0 Å². The second kappa shape index (κ2) is 11.4. The van der Waals surface area contributed by atoms with Gasteiger partial charge in [-0.3, -0.25) is 4.18 Å². The van der Waals surface area contributed by atoms with Gasteiger partial charge in [0.1, 0.15) is 10.8 Å². The molecule has 1 N–H and O–H groups in total. The first kappa shape index (κ1) is 24.7. The molecule has 0 fully saturated rings. The topological polar surface area (TPSA) is 90.4 Å². The van der Waals surface area contributed by atoms with Crippen LogP contribution in [0.25, 0.3) is 0 Å². The standard InChI is InChI=1S/C26H25N3O4S2/c1-19-9-11-24(12-10-19)35(30,31)33-16-14-20-5-3-6-21(17-20)28-26-27-15-13-25(29-26)34-23-8-4-7-22(18-23)32-2/h3-13,15,17-18H,14,16H2,1-2H3,(H,27,28,29). The van der Waals surface area contributed by atoms with Crippen LogP contribution in [0.4, 0.5) is 11.6 Å². The number of rotatable bonds is 10. The summed E-state index contributed by atoms with van der Waals surface area (Å²) in [5, 5.41) is 4.00. The highest BCUT2D eigenvalue weighted by molar-refractivity contribution is 7.99. The Morgan fingerprint density at radius 1 is 0.971 bits per heavy atom. The molecular weight excluding hydrogens is 482 g/mol. The van der Waals surface area contributed by atoms with Crippen molar-refractivity contribution in [2.24, 2.45) is 0 Å². The van der Waals surface area contributed by atoms with Gasteiger partial charge in [-0.05, 0) is 67.4 Å². The summed E-state index contributed by atoms with van der Waals surface area (Å²) in [5.74, 6) is 1.25. The van der Waals surface area contributed by atoms with Gasteiger partial charge in [0.25, 0.3) is 10.1 Å². The Kier molecular flexibility index (Phi) is 8.02. The van der Waals surface area contributed by atoms with Crippen molar-refractivity contribution in [3.63, 3.8) is 0 Å². The van der Waals surface area contributed by atoms with Crippen LogP contribution in [0, 0.1) is 6.92 Å². The van der Waals surface area contributed by atoms with Gasteiger partial charge >= 0.3 is 0 Å². The third kappa shape index (κ3) is 7.05. The maximum atomic E-state index is 12.4. The fraction of sp³-hybridized carbons (Fsp3) is 0.154. The number of methoxy groups -OCH3 is 1. The summed E-state index contributed by atoms with van der Waals surface area (Å²) in [4.78, 5) is 10.1. The second-order valence-corrected chi connectivity index (χ2v) is 10.4. The molecule has 0 aliphatic heterocycles. The minimum Gasteiger partial charge on any atom is -0.497 e. The first-order valence-electron chi connectivity index (χ1n) is 10.9. The number of hydrogen-bond donors (Lipinski definition) is 1. The van der Waals surface area contributed by atoms with Crippen LogP contribution in [0.3, 0.4) is 0 Å². The summed E-state index contributed by atoms with van der Waals surface area (Å²) in [7, 11) is -2.15. The Bertz CT molecular complexity index is 1390. The molecule has 0 unspecified atom stereocenters. The van der Waals surface area contributed by atoms with Gasteiger partial charge in [0.05, 0.1) is 18.6 Å². The van der Waals surface area contributed by atoms with Crippen molar-refractivity contribution in [1.82, 2.24) is 9.97 Å². The molecule has 3 aromatic carbocycles. The first-order valence-corrected chi connectivity index (χ1v) is 13.1. The van der Waals surface area contributed by atoms with E-state index in [0.717, 1.165) is 32.5 Å². The minimum atomic E-state index is -3.79. The fourth-order valence-electron chi connectivity index (χ4n) is 3.22. The summed E-state index contributed by atoms with van der Waals surface area (Å²) in [5.41, 5.74) is 2.71. The van der Waals surface area contributed by atoms with E-state index in [4.69, 9.17) is 8.92 Å². The van der Waals surface area contributed by atoms with E-state index in [2.05, 4.69) is 15.3 Å². The smallest absolute Gasteiger partial charge is 0.296 e. The van der Waals surface area contributed by atoms with Gasteiger partial charge in [-0.25, -0.2) is 9.97 Å². The lowest BCUT2D eigenvalue weighted by Crippen LogP contribution is -2.09. The molecule has 4 rings (SSSR count). The molecule has 35 heavy (non-hydrogen) atoms. The summed E-state index contributed by atoms with van der Waals surface area (Å²) < 4.78 is 35.3. The molecule has 9 heteroatoms. The van der Waals surface area contributed by atoms with E-state index in [9.17, 15) is 8.42 Å². The Labute approximate surface area is 209 Å². The predicted octanol–water partition coefficient (Wildman–Crippen LogP) is 5.64. The molecule has 0 aliphatic rings. The molecule has 7 nitrogen and oxygen atoms in total. The van der Waals surface area contributed by atoms with Gasteiger partial charge in [0.2, 0.25) is 5.95 Å². The van der Waals surface area contributed by atoms with Gasteiger partial charge in [0.15, 0.2) is 0 Å². The van der Waals surface area contributed by atoms with Gasteiger partial charge in [-0.1, -0.05) is 47.7 Å². The zero-order valence-corrected chi connectivity index (χ0v) is 21.0. The molecule has 4 aromatic rings. The van der Waals surface area contributed by atoms with Gasteiger partial charge in [-0.2, -0.15) is 8.42 Å². The number of benzene rings is 3. The molecule has 0 aliphatic carbocycles. The van der Waals surface area contributed by atoms with Crippen molar-refractivity contribution in [2.45, 2.75) is 28.2 Å². The van der Waals surface area contributed by atoms with E-state index in [0.29, 0.717) is 12.4 Å². The lowest BCUT2D eigenvalue weighted by molar-refractivity contribution is 0.322. The van der Waals surface area contributed by atoms with Crippen LogP contribution in [0.1, 0.15) is 11.1 Å². The number of nitrogens with one attached hydrogen (secondary N) is 1. The third-order valence-corrected chi connectivity index (χ3v) is 7.27. The highest BCUT2D eigenvalue weighted by Crippen LogP contribution is 2.29. The predicted molar refractivity (Wildman–Crippen MR) is 137 cm³/mol. The lowest BCUT2D eigenvalue weighted by atomic mass is 10.1. The first-order chi connectivity index (χ1) is 16.9. The Balaban J connectivity index is 1.37. The maximum absolute atomic E-state index is 12.4. The van der Waals surface area contributed by atoms with Crippen LogP contribution < -0.4 is 10.1 Å². The molecule has 0 saturated carbocycles. The monoisotopic (exact) mass is 507 g/mol. The van der Waals surface area contributed by atoms with E-state index in [1.165, 1.54) is 11.8 Å². The van der Waals surface area contributed by atoms with E-state index >= 15 is 0 Å². The normalized spacial score (nSPS) is 11.3. The minimum absolute atomic E-state index is 0.0445. The van der Waals surface area contributed by atoms with Crippen molar-refractivity contribution < 1.29 is 17.3 Å². The Morgan fingerprint density at radius 3 is 2.57 bits per heavy atom. The summed E-state index contributed by atoms with van der Waals surface area (Å²) in [6.07, 6.45) is 2.14. The van der Waals surface area contributed by atoms with Crippen LogP contribution in [0.2, 0.25) is 0 Å². The summed E-state index contributed by atoms with van der Waals surface area (Å²) in [6, 6.07) is 23.8. The quantitative estimate of drug-likeness (QED) is 0.218. The van der Waals surface area contributed by atoms with Gasteiger partial charge < -0.3 is 10.1 Å². The second-order valence-electron chi connectivity index (χ2n) is 7.66. The van der Waals surface area contributed by atoms with E-state index in [-0.39, 0.29) is 11.5 Å². The molecule has 0 bridgehead atoms. The number of nitrogens with zero attached hydrogens (tertiary/aromatic N) is 2. The highest BCUT2D eigenvalue weighted by atomic mass is 32.2. The van der Waals surface area contributed by atoms with Gasteiger partial charge in [0, 0.05) is 16.8 Å². The van der Waals surface area contributed by atoms with Crippen molar-refractivity contribution in [3.05, 3.63) is 96.2 Å². The average molecular weight is 508 g/mol. The zero-order valence-electron chi connectivity index (χ0n) is 19.3. The number of anilines is 2. The van der Waals surface area contributed by atoms with Gasteiger partial charge in [-0.15, -0.1) is 0 Å². The average Bonchev–Trinajstić information content (AvgIpc) is 2.85. The van der Waals surface area contributed by atoms with Crippen LogP contribution >= 0.6 is 11.8 Å². The molecule has 0 radical (unpaired) electrons. The highest BCUT2D eigenvalue weighted by Gasteiger charge is 2.14. The molecular formula is C26H25N3O4S2. The van der Waals surface area contributed by atoms with Crippen molar-refractivity contribution >= 4 is 33.5 Å². The molecule has 1 aromatic heterocycles. The summed E-state index contributed by atoms with van der Waals surface area (Å²) in [6.45, 7) is 1.95. The lowest BCUT2D eigenvalue weighted by Gasteiger charge is -2.09. The maximum Gasteiger partial charge on any atom is 0.296 e. The van der Waals surface area contributed by atoms with Crippen LogP contribution in [0.5, 0.6) is 5.75 Å². The fourth-order valence-corrected chi connectivity index (χ4v) is 4.95. The SMILES string of the molecule is COc1cccc(Sc2ccnc(Nc3cccc(CCOS(=O)(=O)c4ccc(C)cc4)c3)n2)c1. The molecule has 0 atom stereocenters. The largest absolute Gasteiger partial charge is 0.497 e.